The number of nitrogens with two attached hydrogens (primary N) is 1. The van der Waals surface area contributed by atoms with Crippen molar-refractivity contribution in [2.45, 2.75) is 38.3 Å². The van der Waals surface area contributed by atoms with E-state index in [1.165, 1.54) is 12.8 Å². The molecule has 1 unspecified atom stereocenters. The Hall–Kier alpha value is -1.76. The van der Waals surface area contributed by atoms with Gasteiger partial charge in [0.15, 0.2) is 0 Å². The van der Waals surface area contributed by atoms with Crippen molar-refractivity contribution in [2.24, 2.45) is 5.73 Å². The fraction of sp³-hybridized carbons (Fsp3) is 0.474. The van der Waals surface area contributed by atoms with Crippen molar-refractivity contribution in [1.82, 2.24) is 15.2 Å². The zero-order valence-electron chi connectivity index (χ0n) is 14.5. The van der Waals surface area contributed by atoms with Crippen LogP contribution in [0.1, 0.15) is 30.7 Å². The van der Waals surface area contributed by atoms with Crippen LogP contribution in [0.3, 0.4) is 0 Å². The van der Waals surface area contributed by atoms with Crippen LogP contribution in [0.4, 0.5) is 0 Å². The first-order chi connectivity index (χ1) is 12.3. The van der Waals surface area contributed by atoms with Crippen molar-refractivity contribution in [3.63, 3.8) is 0 Å². The summed E-state index contributed by atoms with van der Waals surface area (Å²) < 4.78 is 0. The van der Waals surface area contributed by atoms with Gasteiger partial charge in [-0.1, -0.05) is 36.8 Å². The lowest BCUT2D eigenvalue weighted by atomic mass is 10.0. The summed E-state index contributed by atoms with van der Waals surface area (Å²) in [5.74, 6) is 0.0497. The SMILES string of the molecule is NCCC(=O)NCC1CCCCN1Cc1nc(-c2ccccc2)cs1. The molecule has 6 heteroatoms. The van der Waals surface area contributed by atoms with Crippen LogP contribution in [0.25, 0.3) is 11.3 Å². The number of carbonyl (C=O) groups is 1. The van der Waals surface area contributed by atoms with E-state index in [9.17, 15) is 4.79 Å². The standard InChI is InChI=1S/C19H26N4OS/c20-10-9-18(24)21-12-16-8-4-5-11-23(16)13-19-22-17(14-25-19)15-6-2-1-3-7-15/h1-3,6-7,14,16H,4-5,8-13,20H2,(H,21,24). The van der Waals surface area contributed by atoms with E-state index in [0.29, 0.717) is 25.6 Å². The van der Waals surface area contributed by atoms with Gasteiger partial charge in [-0.15, -0.1) is 11.3 Å². The Labute approximate surface area is 153 Å². The average Bonchev–Trinajstić information content (AvgIpc) is 3.11. The first-order valence-electron chi connectivity index (χ1n) is 8.97. The molecular formula is C19H26N4OS. The molecule has 0 aliphatic carbocycles. The smallest absolute Gasteiger partial charge is 0.221 e. The van der Waals surface area contributed by atoms with Gasteiger partial charge in [-0.3, -0.25) is 9.69 Å². The van der Waals surface area contributed by atoms with Crippen molar-refractivity contribution >= 4 is 17.2 Å². The second-order valence-corrected chi connectivity index (χ2v) is 7.40. The summed E-state index contributed by atoms with van der Waals surface area (Å²) in [6.45, 7) is 3.03. The number of rotatable bonds is 7. The highest BCUT2D eigenvalue weighted by Crippen LogP contribution is 2.25. The molecule has 2 aromatic rings. The maximum absolute atomic E-state index is 11.7. The maximum atomic E-state index is 11.7. The summed E-state index contributed by atoms with van der Waals surface area (Å²) in [7, 11) is 0. The van der Waals surface area contributed by atoms with Crippen molar-refractivity contribution in [2.75, 3.05) is 19.6 Å². The Balaban J connectivity index is 1.60. The van der Waals surface area contributed by atoms with Gasteiger partial charge in [0.05, 0.1) is 12.2 Å². The van der Waals surface area contributed by atoms with Gasteiger partial charge >= 0.3 is 0 Å². The summed E-state index contributed by atoms with van der Waals surface area (Å²) in [4.78, 5) is 19.0. The topological polar surface area (TPSA) is 71.2 Å². The molecule has 1 aliphatic heterocycles. The number of hydrogen-bond donors (Lipinski definition) is 2. The van der Waals surface area contributed by atoms with Gasteiger partial charge in [0.2, 0.25) is 5.91 Å². The van der Waals surface area contributed by atoms with Gasteiger partial charge in [0.1, 0.15) is 5.01 Å². The van der Waals surface area contributed by atoms with Gasteiger partial charge in [0.25, 0.3) is 0 Å². The van der Waals surface area contributed by atoms with E-state index in [1.807, 2.05) is 18.2 Å². The highest BCUT2D eigenvalue weighted by Gasteiger charge is 2.23. The van der Waals surface area contributed by atoms with Crippen LogP contribution in [0.2, 0.25) is 0 Å². The van der Waals surface area contributed by atoms with Gasteiger partial charge in [-0.25, -0.2) is 4.98 Å². The Morgan fingerprint density at radius 3 is 2.96 bits per heavy atom. The molecule has 1 aliphatic rings. The number of benzene rings is 1. The number of carbonyl (C=O) groups excluding carboxylic acids is 1. The minimum Gasteiger partial charge on any atom is -0.354 e. The number of piperidine rings is 1. The minimum atomic E-state index is 0.0497. The maximum Gasteiger partial charge on any atom is 0.221 e. The number of nitrogens with zero attached hydrogens (tertiary/aromatic N) is 2. The fourth-order valence-corrected chi connectivity index (χ4v) is 4.08. The molecule has 25 heavy (non-hydrogen) atoms. The lowest BCUT2D eigenvalue weighted by molar-refractivity contribution is -0.121. The summed E-state index contributed by atoms with van der Waals surface area (Å²) in [6.07, 6.45) is 3.96. The van der Waals surface area contributed by atoms with Crippen LogP contribution >= 0.6 is 11.3 Å². The summed E-state index contributed by atoms with van der Waals surface area (Å²) >= 11 is 1.72. The molecule has 2 heterocycles. The van der Waals surface area contributed by atoms with Crippen molar-refractivity contribution in [1.29, 1.82) is 0 Å². The second kappa shape index (κ2) is 9.08. The van der Waals surface area contributed by atoms with Gasteiger partial charge < -0.3 is 11.1 Å². The van der Waals surface area contributed by atoms with E-state index in [1.54, 1.807) is 11.3 Å². The van der Waals surface area contributed by atoms with Crippen LogP contribution < -0.4 is 11.1 Å². The van der Waals surface area contributed by atoms with Crippen LogP contribution in [-0.2, 0) is 11.3 Å². The number of likely N-dealkylation sites (tertiary alicyclic amines) is 1. The minimum absolute atomic E-state index is 0.0497. The molecule has 0 saturated carbocycles. The zero-order valence-corrected chi connectivity index (χ0v) is 15.3. The molecule has 0 spiro atoms. The molecule has 3 rings (SSSR count). The Morgan fingerprint density at radius 1 is 1.32 bits per heavy atom. The third-order valence-corrected chi connectivity index (χ3v) is 5.45. The van der Waals surface area contributed by atoms with Crippen molar-refractivity contribution < 1.29 is 4.79 Å². The largest absolute Gasteiger partial charge is 0.354 e. The molecule has 1 amide bonds. The summed E-state index contributed by atoms with van der Waals surface area (Å²) in [5, 5.41) is 6.29. The van der Waals surface area contributed by atoms with E-state index in [2.05, 4.69) is 27.7 Å². The molecule has 0 bridgehead atoms. The highest BCUT2D eigenvalue weighted by atomic mass is 32.1. The molecular weight excluding hydrogens is 332 g/mol. The monoisotopic (exact) mass is 358 g/mol. The van der Waals surface area contributed by atoms with E-state index >= 15 is 0 Å². The van der Waals surface area contributed by atoms with Gasteiger partial charge in [-0.2, -0.15) is 0 Å². The zero-order chi connectivity index (χ0) is 17.5. The highest BCUT2D eigenvalue weighted by molar-refractivity contribution is 7.09. The number of aromatic nitrogens is 1. The number of amides is 1. The molecule has 0 radical (unpaired) electrons. The first-order valence-corrected chi connectivity index (χ1v) is 9.85. The molecule has 1 saturated heterocycles. The molecule has 3 N–H and O–H groups in total. The number of nitrogens with one attached hydrogen (secondary N) is 1. The average molecular weight is 359 g/mol. The number of thiazole rings is 1. The van der Waals surface area contributed by atoms with E-state index in [0.717, 1.165) is 35.8 Å². The van der Waals surface area contributed by atoms with Crippen LogP contribution in [-0.4, -0.2) is 41.5 Å². The predicted molar refractivity (Wildman–Crippen MR) is 102 cm³/mol. The van der Waals surface area contributed by atoms with Gasteiger partial charge in [-0.05, 0) is 19.4 Å². The van der Waals surface area contributed by atoms with Crippen molar-refractivity contribution in [3.05, 3.63) is 40.7 Å². The Kier molecular flexibility index (Phi) is 6.55. The molecule has 134 valence electrons. The fourth-order valence-electron chi connectivity index (χ4n) is 3.25. The van der Waals surface area contributed by atoms with Crippen LogP contribution in [0.5, 0.6) is 0 Å². The normalized spacial score (nSPS) is 18.2. The molecule has 1 fully saturated rings. The summed E-state index contributed by atoms with van der Waals surface area (Å²) in [5.41, 5.74) is 7.65. The lowest BCUT2D eigenvalue weighted by Gasteiger charge is -2.35. The lowest BCUT2D eigenvalue weighted by Crippen LogP contribution is -2.46. The van der Waals surface area contributed by atoms with Crippen molar-refractivity contribution in [3.8, 4) is 11.3 Å². The molecule has 1 aromatic heterocycles. The van der Waals surface area contributed by atoms with Gasteiger partial charge in [0, 0.05) is 36.5 Å². The molecule has 1 atom stereocenters. The van der Waals surface area contributed by atoms with Crippen LogP contribution in [0.15, 0.2) is 35.7 Å². The Morgan fingerprint density at radius 2 is 2.16 bits per heavy atom. The molecule has 5 nitrogen and oxygen atoms in total. The number of hydrogen-bond acceptors (Lipinski definition) is 5. The molecule has 1 aromatic carbocycles. The first kappa shape index (κ1) is 18.0. The third-order valence-electron chi connectivity index (χ3n) is 4.61. The van der Waals surface area contributed by atoms with E-state index in [-0.39, 0.29) is 5.91 Å². The summed E-state index contributed by atoms with van der Waals surface area (Å²) in [6, 6.07) is 10.7. The third kappa shape index (κ3) is 5.11. The van der Waals surface area contributed by atoms with Crippen LogP contribution in [0, 0.1) is 0 Å². The Bertz CT molecular complexity index is 673. The quantitative estimate of drug-likeness (QED) is 0.798. The van der Waals surface area contributed by atoms with E-state index < -0.39 is 0 Å². The predicted octanol–water partition coefficient (Wildman–Crippen LogP) is 2.63. The van der Waals surface area contributed by atoms with E-state index in [4.69, 9.17) is 10.7 Å². The second-order valence-electron chi connectivity index (χ2n) is 6.46.